The molecular formula is C22H20ClF3N4O4S2. The van der Waals surface area contributed by atoms with Crippen LogP contribution in [0.15, 0.2) is 58.1 Å². The van der Waals surface area contributed by atoms with Gasteiger partial charge in [-0.15, -0.1) is 0 Å². The Labute approximate surface area is 213 Å². The minimum atomic E-state index is -4.53. The first-order valence-electron chi connectivity index (χ1n) is 10.5. The maximum absolute atomic E-state index is 12.9. The molecular weight excluding hydrogens is 541 g/mol. The number of fused-ring (bicyclic) bond motifs is 1. The zero-order valence-electron chi connectivity index (χ0n) is 18.3. The van der Waals surface area contributed by atoms with Crippen LogP contribution in [0.2, 0.25) is 5.02 Å². The quantitative estimate of drug-likeness (QED) is 0.207. The van der Waals surface area contributed by atoms with Crippen LogP contribution in [0.1, 0.15) is 17.4 Å². The number of hydrogen-bond acceptors (Lipinski definition) is 7. The van der Waals surface area contributed by atoms with Crippen molar-refractivity contribution >= 4 is 49.6 Å². The topological polar surface area (TPSA) is 116 Å². The van der Waals surface area contributed by atoms with Crippen molar-refractivity contribution in [2.24, 2.45) is 0 Å². The third-order valence-corrected chi connectivity index (χ3v) is 7.64. The molecule has 0 bridgehead atoms. The van der Waals surface area contributed by atoms with Gasteiger partial charge in [-0.3, -0.25) is 9.82 Å². The molecule has 0 aliphatic carbocycles. The third kappa shape index (κ3) is 5.93. The van der Waals surface area contributed by atoms with E-state index in [-0.39, 0.29) is 39.7 Å². The molecule has 14 heteroatoms. The lowest BCUT2D eigenvalue weighted by Crippen LogP contribution is -2.27. The van der Waals surface area contributed by atoms with Crippen molar-refractivity contribution in [3.8, 4) is 5.75 Å². The van der Waals surface area contributed by atoms with E-state index in [0.29, 0.717) is 17.9 Å². The second kappa shape index (κ2) is 10.6. The van der Waals surface area contributed by atoms with Gasteiger partial charge < -0.3 is 15.2 Å². The van der Waals surface area contributed by atoms with Gasteiger partial charge in [0.2, 0.25) is 0 Å². The van der Waals surface area contributed by atoms with Crippen LogP contribution in [0.4, 0.5) is 18.9 Å². The Kier molecular flexibility index (Phi) is 7.76. The number of H-pyrrole nitrogens is 1. The maximum Gasteiger partial charge on any atom is 0.433 e. The van der Waals surface area contributed by atoms with E-state index in [2.05, 4.69) is 15.1 Å². The van der Waals surface area contributed by atoms with Crippen molar-refractivity contribution in [1.29, 1.82) is 0 Å². The number of anilines is 1. The molecule has 4 aromatic rings. The molecule has 36 heavy (non-hydrogen) atoms. The highest BCUT2D eigenvalue weighted by Crippen LogP contribution is 2.34. The fourth-order valence-corrected chi connectivity index (χ4v) is 5.83. The minimum Gasteiger partial charge on any atom is -0.492 e. The maximum atomic E-state index is 12.9. The Morgan fingerprint density at radius 1 is 1.22 bits per heavy atom. The summed E-state index contributed by atoms with van der Waals surface area (Å²) in [6.45, 7) is 0.506. The lowest BCUT2D eigenvalue weighted by Gasteiger charge is -2.18. The van der Waals surface area contributed by atoms with Crippen molar-refractivity contribution < 1.29 is 31.4 Å². The molecule has 0 spiro atoms. The molecule has 0 radical (unpaired) electrons. The number of thiophene rings is 1. The molecule has 0 aliphatic rings. The first-order valence-corrected chi connectivity index (χ1v) is 13.3. The summed E-state index contributed by atoms with van der Waals surface area (Å²) in [4.78, 5) is 0.0887. The monoisotopic (exact) mass is 560 g/mol. The predicted octanol–water partition coefficient (Wildman–Crippen LogP) is 4.80. The number of aromatic amines is 1. The van der Waals surface area contributed by atoms with E-state index in [1.807, 2.05) is 5.10 Å². The Morgan fingerprint density at radius 3 is 2.75 bits per heavy atom. The summed E-state index contributed by atoms with van der Waals surface area (Å²) in [6, 6.07) is 10.2. The van der Waals surface area contributed by atoms with E-state index in [4.69, 9.17) is 16.3 Å². The molecule has 1 atom stereocenters. The molecule has 4 N–H and O–H groups in total. The number of aliphatic hydroxyl groups is 1. The van der Waals surface area contributed by atoms with Gasteiger partial charge >= 0.3 is 6.18 Å². The van der Waals surface area contributed by atoms with Crippen molar-refractivity contribution in [3.63, 3.8) is 0 Å². The normalized spacial score (nSPS) is 13.1. The van der Waals surface area contributed by atoms with E-state index in [1.54, 1.807) is 17.5 Å². The number of aliphatic hydroxyl groups excluding tert-OH is 1. The molecule has 2 aromatic heterocycles. The smallest absolute Gasteiger partial charge is 0.433 e. The summed E-state index contributed by atoms with van der Waals surface area (Å²) in [5, 5.41) is 22.5. The van der Waals surface area contributed by atoms with Gasteiger partial charge in [-0.25, -0.2) is 8.42 Å². The van der Waals surface area contributed by atoms with Gasteiger partial charge in [-0.1, -0.05) is 23.7 Å². The van der Waals surface area contributed by atoms with E-state index in [9.17, 15) is 26.7 Å². The molecule has 0 fully saturated rings. The van der Waals surface area contributed by atoms with Crippen LogP contribution in [0.25, 0.3) is 10.9 Å². The van der Waals surface area contributed by atoms with E-state index in [0.717, 1.165) is 0 Å². The largest absolute Gasteiger partial charge is 0.492 e. The van der Waals surface area contributed by atoms with E-state index >= 15 is 0 Å². The van der Waals surface area contributed by atoms with E-state index < -0.39 is 28.0 Å². The lowest BCUT2D eigenvalue weighted by atomic mass is 10.1. The number of halogens is 4. The Hall–Kier alpha value is -2.84. The highest BCUT2D eigenvalue weighted by molar-refractivity contribution is 7.92. The van der Waals surface area contributed by atoms with Crippen molar-refractivity contribution in [2.45, 2.75) is 17.2 Å². The molecule has 0 aliphatic heterocycles. The van der Waals surface area contributed by atoms with Crippen molar-refractivity contribution in [2.75, 3.05) is 24.4 Å². The second-order valence-corrected chi connectivity index (χ2v) is 10.5. The molecule has 0 amide bonds. The van der Waals surface area contributed by atoms with Gasteiger partial charge in [0, 0.05) is 35.5 Å². The minimum absolute atomic E-state index is 0.0527. The SMILES string of the molecule is O=S(=O)(Nc1c(Cl)cccc1[C@@H](O)CNCCOc1ccc2c(C(F)(F)F)[nH]nc2c1)c1ccsc1. The highest BCUT2D eigenvalue weighted by Gasteiger charge is 2.35. The standard InChI is InChI=1S/C22H20ClF3N4O4S2/c23-17-3-1-2-16(20(17)30-36(32,33)14-6-9-35-12-14)19(31)11-27-7-8-34-13-4-5-15-18(10-13)28-29-21(15)22(24,25)26/h1-6,9-10,12,19,27,30-31H,7-8,11H2,(H,28,29)/t19-/m0/s1. The molecule has 0 unspecified atom stereocenters. The number of rotatable bonds is 10. The Bertz CT molecular complexity index is 1440. The van der Waals surface area contributed by atoms with Gasteiger partial charge in [0.1, 0.15) is 18.1 Å². The summed E-state index contributed by atoms with van der Waals surface area (Å²) in [6.07, 6.45) is -5.63. The average Bonchev–Trinajstić information content (AvgIpc) is 3.50. The summed E-state index contributed by atoms with van der Waals surface area (Å²) < 4.78 is 72.1. The Morgan fingerprint density at radius 2 is 2.03 bits per heavy atom. The van der Waals surface area contributed by atoms with E-state index in [1.165, 1.54) is 47.0 Å². The lowest BCUT2D eigenvalue weighted by molar-refractivity contribution is -0.139. The van der Waals surface area contributed by atoms with Crippen LogP contribution in [0, 0.1) is 0 Å². The number of alkyl halides is 3. The first-order chi connectivity index (χ1) is 17.1. The zero-order chi connectivity index (χ0) is 25.9. The molecule has 8 nitrogen and oxygen atoms in total. The fraction of sp³-hybridized carbons (Fsp3) is 0.227. The van der Waals surface area contributed by atoms with Crippen LogP contribution in [0.3, 0.4) is 0 Å². The second-order valence-electron chi connectivity index (χ2n) is 7.61. The average molecular weight is 561 g/mol. The third-order valence-electron chi connectivity index (χ3n) is 5.14. The first kappa shape index (κ1) is 26.2. The number of aromatic nitrogens is 2. The highest BCUT2D eigenvalue weighted by atomic mass is 35.5. The molecule has 0 saturated carbocycles. The molecule has 4 rings (SSSR count). The van der Waals surface area contributed by atoms with Gasteiger partial charge in [0.25, 0.3) is 10.0 Å². The van der Waals surface area contributed by atoms with Crippen molar-refractivity contribution in [3.05, 3.63) is 69.5 Å². The summed E-state index contributed by atoms with van der Waals surface area (Å²) in [5.41, 5.74) is -0.417. The van der Waals surface area contributed by atoms with Gasteiger partial charge in [0.05, 0.1) is 27.2 Å². The van der Waals surface area contributed by atoms with Crippen molar-refractivity contribution in [1.82, 2.24) is 15.5 Å². The van der Waals surface area contributed by atoms with Gasteiger partial charge in [-0.2, -0.15) is 29.6 Å². The molecule has 192 valence electrons. The number of nitrogens with zero attached hydrogens (tertiary/aromatic N) is 1. The molecule has 2 heterocycles. The number of ether oxygens (including phenoxy) is 1. The Balaban J connectivity index is 1.33. The van der Waals surface area contributed by atoms with Gasteiger partial charge in [-0.05, 0) is 29.6 Å². The van der Waals surface area contributed by atoms with Crippen LogP contribution < -0.4 is 14.8 Å². The van der Waals surface area contributed by atoms with Crippen LogP contribution in [0.5, 0.6) is 5.75 Å². The number of para-hydroxylation sites is 1. The van der Waals surface area contributed by atoms with Crippen LogP contribution >= 0.6 is 22.9 Å². The number of benzene rings is 2. The van der Waals surface area contributed by atoms with Gasteiger partial charge in [0.15, 0.2) is 0 Å². The number of nitrogens with one attached hydrogen (secondary N) is 3. The number of sulfonamides is 1. The van der Waals surface area contributed by atoms with Crippen LogP contribution in [-0.4, -0.2) is 43.4 Å². The summed E-state index contributed by atoms with van der Waals surface area (Å²) >= 11 is 7.45. The zero-order valence-corrected chi connectivity index (χ0v) is 20.7. The predicted molar refractivity (Wildman–Crippen MR) is 131 cm³/mol. The number of hydrogen-bond donors (Lipinski definition) is 4. The summed E-state index contributed by atoms with van der Waals surface area (Å²) in [5.74, 6) is 0.338. The molecule has 2 aromatic carbocycles. The summed E-state index contributed by atoms with van der Waals surface area (Å²) in [7, 11) is -3.88. The fourth-order valence-electron chi connectivity index (χ4n) is 3.41. The van der Waals surface area contributed by atoms with Crippen LogP contribution in [-0.2, 0) is 16.2 Å². The molecule has 0 saturated heterocycles.